The van der Waals surface area contributed by atoms with Crippen LogP contribution in [-0.4, -0.2) is 48.4 Å². The average molecular weight is 403 g/mol. The first-order valence-corrected chi connectivity index (χ1v) is 9.31. The molecule has 2 heterocycles. The van der Waals surface area contributed by atoms with Crippen LogP contribution in [0.1, 0.15) is 36.3 Å². The number of benzene rings is 1. The van der Waals surface area contributed by atoms with Crippen LogP contribution in [0, 0.1) is 5.82 Å². The molecule has 3 rings (SSSR count). The molecule has 146 valence electrons. The SMILES string of the molecule is CCN(C(=O)c1cccc(F)c1-n1nccn1)[C@@H](C)CCc1cnc(Cl)cn1. The fourth-order valence-corrected chi connectivity index (χ4v) is 3.11. The molecular weight excluding hydrogens is 383 g/mol. The van der Waals surface area contributed by atoms with E-state index in [1.165, 1.54) is 30.7 Å². The fraction of sp³-hybridized carbons (Fsp3) is 0.316. The van der Waals surface area contributed by atoms with Gasteiger partial charge >= 0.3 is 0 Å². The Bertz CT molecular complexity index is 932. The molecule has 0 spiro atoms. The van der Waals surface area contributed by atoms with E-state index in [0.717, 1.165) is 10.5 Å². The zero-order valence-corrected chi connectivity index (χ0v) is 16.3. The highest BCUT2D eigenvalue weighted by Crippen LogP contribution is 2.21. The molecule has 0 bridgehead atoms. The largest absolute Gasteiger partial charge is 0.336 e. The van der Waals surface area contributed by atoms with E-state index in [2.05, 4.69) is 20.2 Å². The Morgan fingerprint density at radius 1 is 1.25 bits per heavy atom. The van der Waals surface area contributed by atoms with Crippen LogP contribution in [0.2, 0.25) is 5.15 Å². The van der Waals surface area contributed by atoms with E-state index in [1.807, 2.05) is 13.8 Å². The number of hydrogen-bond acceptors (Lipinski definition) is 5. The standard InChI is InChI=1S/C19H20ClFN6O/c1-3-26(13(2)7-8-14-11-23-17(20)12-22-14)19(28)15-5-4-6-16(21)18(15)27-24-9-10-25-27/h4-6,9-13H,3,7-8H2,1-2H3/t13-/m0/s1. The summed E-state index contributed by atoms with van der Waals surface area (Å²) in [4.78, 5) is 24.3. The van der Waals surface area contributed by atoms with Gasteiger partial charge in [0.15, 0.2) is 5.82 Å². The van der Waals surface area contributed by atoms with Crippen LogP contribution in [0.5, 0.6) is 0 Å². The molecule has 0 fully saturated rings. The molecule has 0 aliphatic heterocycles. The van der Waals surface area contributed by atoms with Crippen molar-refractivity contribution in [1.29, 1.82) is 0 Å². The molecule has 3 aromatic rings. The van der Waals surface area contributed by atoms with Crippen LogP contribution >= 0.6 is 11.6 Å². The second-order valence-corrected chi connectivity index (χ2v) is 6.65. The Morgan fingerprint density at radius 2 is 2.00 bits per heavy atom. The third kappa shape index (κ3) is 4.33. The third-order valence-electron chi connectivity index (χ3n) is 4.46. The van der Waals surface area contributed by atoms with E-state index < -0.39 is 5.82 Å². The predicted molar refractivity (Wildman–Crippen MR) is 103 cm³/mol. The molecule has 0 aliphatic rings. The molecule has 1 aromatic carbocycles. The van der Waals surface area contributed by atoms with Crippen LogP contribution in [0.3, 0.4) is 0 Å². The smallest absolute Gasteiger partial charge is 0.256 e. The Morgan fingerprint density at radius 3 is 2.64 bits per heavy atom. The van der Waals surface area contributed by atoms with Gasteiger partial charge < -0.3 is 4.90 Å². The van der Waals surface area contributed by atoms with Crippen molar-refractivity contribution >= 4 is 17.5 Å². The van der Waals surface area contributed by atoms with E-state index in [-0.39, 0.29) is 23.2 Å². The summed E-state index contributed by atoms with van der Waals surface area (Å²) in [6, 6.07) is 4.30. The Hall–Kier alpha value is -2.87. The van der Waals surface area contributed by atoms with Crippen molar-refractivity contribution in [2.45, 2.75) is 32.7 Å². The summed E-state index contributed by atoms with van der Waals surface area (Å²) in [6.45, 7) is 4.33. The number of aromatic nitrogens is 5. The molecule has 0 radical (unpaired) electrons. The van der Waals surface area contributed by atoms with Crippen molar-refractivity contribution in [2.75, 3.05) is 6.54 Å². The topological polar surface area (TPSA) is 76.8 Å². The number of aryl methyl sites for hydroxylation is 1. The lowest BCUT2D eigenvalue weighted by molar-refractivity contribution is 0.0695. The quantitative estimate of drug-likeness (QED) is 0.605. The number of rotatable bonds is 7. The predicted octanol–water partition coefficient (Wildman–Crippen LogP) is 3.33. The first-order chi connectivity index (χ1) is 13.5. The zero-order chi connectivity index (χ0) is 20.1. The number of carbonyl (C=O) groups is 1. The summed E-state index contributed by atoms with van der Waals surface area (Å²) in [5.41, 5.74) is 1.06. The monoisotopic (exact) mass is 402 g/mol. The third-order valence-corrected chi connectivity index (χ3v) is 4.66. The van der Waals surface area contributed by atoms with Crippen molar-refractivity contribution in [2.24, 2.45) is 0 Å². The van der Waals surface area contributed by atoms with E-state index in [9.17, 15) is 9.18 Å². The van der Waals surface area contributed by atoms with Crippen LogP contribution in [0.25, 0.3) is 5.69 Å². The van der Waals surface area contributed by atoms with Gasteiger partial charge in [-0.2, -0.15) is 10.2 Å². The molecule has 28 heavy (non-hydrogen) atoms. The van der Waals surface area contributed by atoms with Gasteiger partial charge in [-0.25, -0.2) is 9.37 Å². The summed E-state index contributed by atoms with van der Waals surface area (Å²) < 4.78 is 14.4. The molecule has 0 saturated carbocycles. The lowest BCUT2D eigenvalue weighted by atomic mass is 10.1. The maximum absolute atomic E-state index is 14.4. The van der Waals surface area contributed by atoms with Gasteiger partial charge in [-0.1, -0.05) is 17.7 Å². The molecule has 0 saturated heterocycles. The minimum Gasteiger partial charge on any atom is -0.336 e. The molecule has 9 heteroatoms. The van der Waals surface area contributed by atoms with Gasteiger partial charge in [-0.15, -0.1) is 4.80 Å². The number of amides is 1. The van der Waals surface area contributed by atoms with Gasteiger partial charge in [0.05, 0.1) is 36.0 Å². The summed E-state index contributed by atoms with van der Waals surface area (Å²) in [5.74, 6) is -0.828. The first-order valence-electron chi connectivity index (χ1n) is 8.93. The van der Waals surface area contributed by atoms with E-state index in [1.54, 1.807) is 17.2 Å². The second-order valence-electron chi connectivity index (χ2n) is 6.26. The van der Waals surface area contributed by atoms with E-state index in [4.69, 9.17) is 11.6 Å². The highest BCUT2D eigenvalue weighted by Gasteiger charge is 2.25. The maximum atomic E-state index is 14.4. The lowest BCUT2D eigenvalue weighted by Gasteiger charge is -2.29. The van der Waals surface area contributed by atoms with Crippen LogP contribution in [0.15, 0.2) is 43.0 Å². The molecular formula is C19H20ClFN6O. The van der Waals surface area contributed by atoms with Crippen molar-refractivity contribution in [3.05, 3.63) is 65.2 Å². The second kappa shape index (κ2) is 8.88. The van der Waals surface area contributed by atoms with E-state index >= 15 is 0 Å². The van der Waals surface area contributed by atoms with Gasteiger partial charge in [-0.05, 0) is 38.8 Å². The minimum atomic E-state index is -0.554. The Balaban J connectivity index is 1.80. The number of halogens is 2. The average Bonchev–Trinajstić information content (AvgIpc) is 3.22. The normalized spacial score (nSPS) is 12.0. The minimum absolute atomic E-state index is 0.0479. The summed E-state index contributed by atoms with van der Waals surface area (Å²) in [5, 5.41) is 8.29. The van der Waals surface area contributed by atoms with Crippen molar-refractivity contribution in [3.63, 3.8) is 0 Å². The molecule has 0 aliphatic carbocycles. The number of hydrogen-bond donors (Lipinski definition) is 0. The molecule has 7 nitrogen and oxygen atoms in total. The van der Waals surface area contributed by atoms with Crippen LogP contribution < -0.4 is 0 Å². The number of carbonyl (C=O) groups excluding carboxylic acids is 1. The summed E-state index contributed by atoms with van der Waals surface area (Å²) in [7, 11) is 0. The summed E-state index contributed by atoms with van der Waals surface area (Å²) >= 11 is 5.76. The van der Waals surface area contributed by atoms with Gasteiger partial charge in [-0.3, -0.25) is 9.78 Å². The van der Waals surface area contributed by atoms with Gasteiger partial charge in [0.25, 0.3) is 5.91 Å². The van der Waals surface area contributed by atoms with Crippen LogP contribution in [0.4, 0.5) is 4.39 Å². The molecule has 2 aromatic heterocycles. The summed E-state index contributed by atoms with van der Waals surface area (Å²) in [6.07, 6.45) is 7.33. The lowest BCUT2D eigenvalue weighted by Crippen LogP contribution is -2.39. The van der Waals surface area contributed by atoms with Gasteiger partial charge in [0.2, 0.25) is 0 Å². The maximum Gasteiger partial charge on any atom is 0.256 e. The van der Waals surface area contributed by atoms with Crippen molar-refractivity contribution in [3.8, 4) is 5.69 Å². The highest BCUT2D eigenvalue weighted by atomic mass is 35.5. The number of nitrogens with zero attached hydrogens (tertiary/aromatic N) is 6. The molecule has 0 unspecified atom stereocenters. The van der Waals surface area contributed by atoms with Gasteiger partial charge in [0, 0.05) is 12.6 Å². The first kappa shape index (κ1) is 19.9. The molecule has 0 N–H and O–H groups in total. The van der Waals surface area contributed by atoms with E-state index in [0.29, 0.717) is 24.5 Å². The Labute approximate surface area is 167 Å². The van der Waals surface area contributed by atoms with Crippen molar-refractivity contribution in [1.82, 2.24) is 29.9 Å². The van der Waals surface area contributed by atoms with Crippen LogP contribution in [-0.2, 0) is 6.42 Å². The van der Waals surface area contributed by atoms with Gasteiger partial charge in [0.1, 0.15) is 10.8 Å². The number of para-hydroxylation sites is 1. The molecule has 1 atom stereocenters. The zero-order valence-electron chi connectivity index (χ0n) is 15.6. The fourth-order valence-electron chi connectivity index (χ4n) is 3.01. The highest BCUT2D eigenvalue weighted by molar-refractivity contribution is 6.29. The van der Waals surface area contributed by atoms with Crippen molar-refractivity contribution < 1.29 is 9.18 Å². The Kier molecular flexibility index (Phi) is 6.30. The molecule has 1 amide bonds.